The molecule has 0 aliphatic heterocycles. The van der Waals surface area contributed by atoms with E-state index in [1.165, 1.54) is 32.0 Å². The number of anilines is 1. The molecule has 1 atom stereocenters. The van der Waals surface area contributed by atoms with Gasteiger partial charge in [0, 0.05) is 0 Å². The van der Waals surface area contributed by atoms with Crippen LogP contribution in [0, 0.1) is 5.92 Å². The van der Waals surface area contributed by atoms with Crippen molar-refractivity contribution in [2.75, 3.05) is 19.4 Å². The summed E-state index contributed by atoms with van der Waals surface area (Å²) < 4.78 is 31.4. The summed E-state index contributed by atoms with van der Waals surface area (Å²) in [6.07, 6.45) is 4.57. The first-order valence-corrected chi connectivity index (χ1v) is 8.88. The van der Waals surface area contributed by atoms with Gasteiger partial charge in [-0.25, -0.2) is 13.1 Å². The van der Waals surface area contributed by atoms with Crippen molar-refractivity contribution < 1.29 is 13.2 Å². The van der Waals surface area contributed by atoms with Crippen molar-refractivity contribution in [2.45, 2.75) is 44.4 Å². The zero-order valence-corrected chi connectivity index (χ0v) is 13.9. The van der Waals surface area contributed by atoms with Crippen LogP contribution in [0.15, 0.2) is 23.1 Å². The van der Waals surface area contributed by atoms with Crippen LogP contribution in [0.25, 0.3) is 0 Å². The van der Waals surface area contributed by atoms with Gasteiger partial charge in [-0.1, -0.05) is 33.1 Å². The molecular weight excluding hydrogens is 288 g/mol. The van der Waals surface area contributed by atoms with E-state index in [2.05, 4.69) is 18.6 Å². The summed E-state index contributed by atoms with van der Waals surface area (Å²) in [5.74, 6) is 1.05. The summed E-state index contributed by atoms with van der Waals surface area (Å²) in [5, 5.41) is 0. The number of unbranched alkanes of at least 4 members (excludes halogenated alkanes) is 1. The maximum absolute atomic E-state index is 11.7. The fourth-order valence-electron chi connectivity index (χ4n) is 2.05. The summed E-state index contributed by atoms with van der Waals surface area (Å²) in [6, 6.07) is 4.55. The Labute approximate surface area is 127 Å². The van der Waals surface area contributed by atoms with Crippen LogP contribution in [0.1, 0.15) is 39.5 Å². The highest BCUT2D eigenvalue weighted by molar-refractivity contribution is 7.89. The fraction of sp³-hybridized carbons (Fsp3) is 0.600. The molecule has 1 rings (SSSR count). The highest BCUT2D eigenvalue weighted by atomic mass is 32.2. The summed E-state index contributed by atoms with van der Waals surface area (Å²) in [7, 11) is -2.10. The third-order valence-corrected chi connectivity index (χ3v) is 4.99. The van der Waals surface area contributed by atoms with E-state index in [4.69, 9.17) is 10.5 Å². The van der Waals surface area contributed by atoms with Gasteiger partial charge >= 0.3 is 0 Å². The van der Waals surface area contributed by atoms with Gasteiger partial charge in [-0.05, 0) is 37.6 Å². The van der Waals surface area contributed by atoms with Crippen LogP contribution in [0.5, 0.6) is 5.75 Å². The minimum Gasteiger partial charge on any atom is -0.491 e. The number of rotatable bonds is 9. The van der Waals surface area contributed by atoms with Gasteiger partial charge in [-0.15, -0.1) is 0 Å². The Morgan fingerprint density at radius 2 is 2.05 bits per heavy atom. The van der Waals surface area contributed by atoms with Gasteiger partial charge in [-0.3, -0.25) is 0 Å². The largest absolute Gasteiger partial charge is 0.491 e. The van der Waals surface area contributed by atoms with E-state index in [1.54, 1.807) is 6.07 Å². The Hall–Kier alpha value is -1.27. The Kier molecular flexibility index (Phi) is 6.98. The summed E-state index contributed by atoms with van der Waals surface area (Å²) in [4.78, 5) is 0.146. The second-order valence-corrected chi connectivity index (χ2v) is 7.02. The maximum Gasteiger partial charge on any atom is 0.240 e. The molecule has 1 unspecified atom stereocenters. The van der Waals surface area contributed by atoms with Crippen molar-refractivity contribution >= 4 is 15.7 Å². The van der Waals surface area contributed by atoms with Gasteiger partial charge in [0.25, 0.3) is 0 Å². The van der Waals surface area contributed by atoms with E-state index >= 15 is 0 Å². The van der Waals surface area contributed by atoms with Gasteiger partial charge in [0.2, 0.25) is 10.0 Å². The van der Waals surface area contributed by atoms with Gasteiger partial charge in [-0.2, -0.15) is 0 Å². The average Bonchev–Trinajstić information content (AvgIpc) is 2.48. The van der Waals surface area contributed by atoms with Crippen LogP contribution >= 0.6 is 0 Å². The summed E-state index contributed by atoms with van der Waals surface area (Å²) in [6.45, 7) is 4.93. The van der Waals surface area contributed by atoms with Gasteiger partial charge in [0.15, 0.2) is 0 Å². The van der Waals surface area contributed by atoms with Crippen LogP contribution in [-0.2, 0) is 10.0 Å². The monoisotopic (exact) mass is 314 g/mol. The molecule has 6 heteroatoms. The zero-order valence-electron chi connectivity index (χ0n) is 13.1. The summed E-state index contributed by atoms with van der Waals surface area (Å²) in [5.41, 5.74) is 6.23. The molecule has 1 aromatic rings. The normalized spacial score (nSPS) is 13.1. The maximum atomic E-state index is 11.7. The van der Waals surface area contributed by atoms with E-state index in [1.807, 2.05) is 0 Å². The molecule has 3 N–H and O–H groups in total. The Bertz CT molecular complexity index is 544. The molecule has 0 aromatic heterocycles. The topological polar surface area (TPSA) is 81.4 Å². The Morgan fingerprint density at radius 3 is 2.57 bits per heavy atom. The molecule has 0 saturated heterocycles. The zero-order chi connectivity index (χ0) is 15.9. The van der Waals surface area contributed by atoms with Crippen molar-refractivity contribution in [3.63, 3.8) is 0 Å². The highest BCUT2D eigenvalue weighted by Gasteiger charge is 2.14. The molecule has 21 heavy (non-hydrogen) atoms. The SMILES string of the molecule is CCCCC(CC)COc1ccc(S(=O)(=O)NC)cc1N. The van der Waals surface area contributed by atoms with Crippen LogP contribution in [0.2, 0.25) is 0 Å². The van der Waals surface area contributed by atoms with E-state index < -0.39 is 10.0 Å². The van der Waals surface area contributed by atoms with Gasteiger partial charge in [0.1, 0.15) is 5.75 Å². The Balaban J connectivity index is 2.73. The fourth-order valence-corrected chi connectivity index (χ4v) is 2.81. The van der Waals surface area contributed by atoms with Crippen molar-refractivity contribution in [3.05, 3.63) is 18.2 Å². The van der Waals surface area contributed by atoms with Crippen LogP contribution in [-0.4, -0.2) is 22.1 Å². The predicted molar refractivity (Wildman–Crippen MR) is 85.9 cm³/mol. The quantitative estimate of drug-likeness (QED) is 0.687. The number of benzene rings is 1. The average molecular weight is 314 g/mol. The number of nitrogens with two attached hydrogens (primary N) is 1. The number of nitrogens with one attached hydrogen (secondary N) is 1. The molecule has 120 valence electrons. The minimum atomic E-state index is -3.47. The molecule has 0 amide bonds. The van der Waals surface area contributed by atoms with E-state index in [9.17, 15) is 8.42 Å². The lowest BCUT2D eigenvalue weighted by molar-refractivity contribution is 0.234. The third kappa shape index (κ3) is 5.21. The number of nitrogen functional groups attached to an aromatic ring is 1. The van der Waals surface area contributed by atoms with Crippen molar-refractivity contribution in [1.82, 2.24) is 4.72 Å². The van der Waals surface area contributed by atoms with Crippen LogP contribution in [0.3, 0.4) is 0 Å². The molecule has 0 aliphatic rings. The lowest BCUT2D eigenvalue weighted by Crippen LogP contribution is -2.19. The van der Waals surface area contributed by atoms with E-state index in [0.717, 1.165) is 12.8 Å². The molecular formula is C15H26N2O3S. The number of ether oxygens (including phenoxy) is 1. The number of hydrogen-bond acceptors (Lipinski definition) is 4. The second-order valence-electron chi connectivity index (χ2n) is 5.13. The molecule has 0 aliphatic carbocycles. The molecule has 0 heterocycles. The van der Waals surface area contributed by atoms with Crippen LogP contribution < -0.4 is 15.2 Å². The first-order chi connectivity index (χ1) is 9.94. The summed E-state index contributed by atoms with van der Waals surface area (Å²) >= 11 is 0. The molecule has 5 nitrogen and oxygen atoms in total. The standard InChI is InChI=1S/C15H26N2O3S/c1-4-6-7-12(5-2)11-20-15-9-8-13(10-14(15)16)21(18,19)17-3/h8-10,12,17H,4-7,11,16H2,1-3H3. The second kappa shape index (κ2) is 8.24. The highest BCUT2D eigenvalue weighted by Crippen LogP contribution is 2.26. The Morgan fingerprint density at radius 1 is 1.33 bits per heavy atom. The first-order valence-electron chi connectivity index (χ1n) is 7.40. The van der Waals surface area contributed by atoms with E-state index in [0.29, 0.717) is 24.0 Å². The predicted octanol–water partition coefficient (Wildman–Crippen LogP) is 2.77. The molecule has 0 bridgehead atoms. The molecule has 1 aromatic carbocycles. The third-order valence-electron chi connectivity index (χ3n) is 3.58. The minimum absolute atomic E-state index is 0.146. The van der Waals surface area contributed by atoms with Crippen molar-refractivity contribution in [2.24, 2.45) is 5.92 Å². The molecule has 0 fully saturated rings. The van der Waals surface area contributed by atoms with Crippen molar-refractivity contribution in [1.29, 1.82) is 0 Å². The van der Waals surface area contributed by atoms with E-state index in [-0.39, 0.29) is 4.90 Å². The number of hydrogen-bond donors (Lipinski definition) is 2. The lowest BCUT2D eigenvalue weighted by Gasteiger charge is -2.17. The molecule has 0 radical (unpaired) electrons. The van der Waals surface area contributed by atoms with Gasteiger partial charge < -0.3 is 10.5 Å². The van der Waals surface area contributed by atoms with Crippen molar-refractivity contribution in [3.8, 4) is 5.75 Å². The molecule has 0 spiro atoms. The number of sulfonamides is 1. The van der Waals surface area contributed by atoms with Crippen LogP contribution in [0.4, 0.5) is 5.69 Å². The molecule has 0 saturated carbocycles. The lowest BCUT2D eigenvalue weighted by atomic mass is 10.0. The first kappa shape index (κ1) is 17.8. The van der Waals surface area contributed by atoms with Gasteiger partial charge in [0.05, 0.1) is 17.2 Å². The smallest absolute Gasteiger partial charge is 0.240 e.